The summed E-state index contributed by atoms with van der Waals surface area (Å²) in [5.41, 5.74) is 1.69. The first kappa shape index (κ1) is 23.1. The van der Waals surface area contributed by atoms with E-state index >= 15 is 0 Å². The van der Waals surface area contributed by atoms with Crippen LogP contribution in [-0.2, 0) is 22.7 Å². The normalized spacial score (nSPS) is 10.6. The van der Waals surface area contributed by atoms with Gasteiger partial charge in [0.05, 0.1) is 7.11 Å². The Kier molecular flexibility index (Phi) is 7.32. The van der Waals surface area contributed by atoms with Gasteiger partial charge in [0, 0.05) is 17.1 Å². The molecule has 2 aromatic carbocycles. The molecule has 8 nitrogen and oxygen atoms in total. The molecule has 1 heterocycles. The molecule has 0 saturated heterocycles. The van der Waals surface area contributed by atoms with Crippen molar-refractivity contribution in [2.75, 3.05) is 13.7 Å². The van der Waals surface area contributed by atoms with Crippen LogP contribution >= 0.6 is 11.6 Å². The molecule has 10 heteroatoms. The molecule has 0 aliphatic heterocycles. The van der Waals surface area contributed by atoms with Gasteiger partial charge in [-0.1, -0.05) is 17.7 Å². The average Bonchev–Trinajstić information content (AvgIpc) is 3.13. The molecule has 0 spiro atoms. The number of carboxylic acids is 1. The maximum atomic E-state index is 14.3. The molecule has 0 unspecified atom stereocenters. The van der Waals surface area contributed by atoms with Crippen LogP contribution in [0.5, 0.6) is 5.75 Å². The van der Waals surface area contributed by atoms with Gasteiger partial charge in [-0.15, -0.1) is 0 Å². The van der Waals surface area contributed by atoms with Crippen LogP contribution in [0.4, 0.5) is 9.18 Å². The van der Waals surface area contributed by atoms with Crippen molar-refractivity contribution >= 4 is 23.7 Å². The van der Waals surface area contributed by atoms with Crippen LogP contribution in [0.15, 0.2) is 46.9 Å². The minimum Gasteiger partial charge on any atom is -0.484 e. The molecule has 3 aromatic rings. The number of aryl methyl sites for hydroxylation is 1. The highest BCUT2D eigenvalue weighted by molar-refractivity contribution is 6.30. The van der Waals surface area contributed by atoms with Crippen molar-refractivity contribution in [1.82, 2.24) is 9.88 Å². The number of nitrogens with zero attached hydrogens (tertiary/aromatic N) is 2. The zero-order valence-corrected chi connectivity index (χ0v) is 18.1. The molecule has 1 amide bonds. The zero-order valence-electron chi connectivity index (χ0n) is 17.3. The lowest BCUT2D eigenvalue weighted by Crippen LogP contribution is -2.35. The van der Waals surface area contributed by atoms with E-state index in [-0.39, 0.29) is 18.9 Å². The summed E-state index contributed by atoms with van der Waals surface area (Å²) in [6.45, 7) is 1.00. The summed E-state index contributed by atoms with van der Waals surface area (Å²) in [4.78, 5) is 28.2. The number of methoxy groups -OCH3 is 1. The van der Waals surface area contributed by atoms with Gasteiger partial charge >= 0.3 is 12.1 Å². The molecule has 32 heavy (non-hydrogen) atoms. The van der Waals surface area contributed by atoms with Gasteiger partial charge in [-0.3, -0.25) is 9.69 Å². The van der Waals surface area contributed by atoms with Gasteiger partial charge in [-0.2, -0.15) is 0 Å². The monoisotopic (exact) mass is 462 g/mol. The Morgan fingerprint density at radius 2 is 1.94 bits per heavy atom. The number of hydrogen-bond acceptors (Lipinski definition) is 6. The molecule has 0 atom stereocenters. The number of rotatable bonds is 8. The lowest BCUT2D eigenvalue weighted by Gasteiger charge is -2.19. The predicted molar refractivity (Wildman–Crippen MR) is 113 cm³/mol. The number of aromatic nitrogens is 1. The van der Waals surface area contributed by atoms with Crippen molar-refractivity contribution < 1.29 is 33.0 Å². The Hall–Kier alpha value is -3.59. The summed E-state index contributed by atoms with van der Waals surface area (Å²) < 4.78 is 30.1. The second kappa shape index (κ2) is 10.1. The molecule has 0 saturated carbocycles. The van der Waals surface area contributed by atoms with E-state index in [1.54, 1.807) is 31.2 Å². The summed E-state index contributed by atoms with van der Waals surface area (Å²) in [6.07, 6.45) is -0.813. The van der Waals surface area contributed by atoms with E-state index in [9.17, 15) is 14.0 Å². The summed E-state index contributed by atoms with van der Waals surface area (Å²) in [7, 11) is 1.15. The van der Waals surface area contributed by atoms with E-state index < -0.39 is 24.4 Å². The van der Waals surface area contributed by atoms with Gasteiger partial charge in [0.25, 0.3) is 0 Å². The number of ether oxygens (including phenoxy) is 2. The van der Waals surface area contributed by atoms with Crippen molar-refractivity contribution in [2.24, 2.45) is 0 Å². The third-order valence-corrected chi connectivity index (χ3v) is 4.73. The minimum absolute atomic E-state index is 0.0564. The topological polar surface area (TPSA) is 102 Å². The summed E-state index contributed by atoms with van der Waals surface area (Å²) in [6, 6.07) is 11.0. The largest absolute Gasteiger partial charge is 0.484 e. The van der Waals surface area contributed by atoms with Crippen molar-refractivity contribution in [3.63, 3.8) is 0 Å². The van der Waals surface area contributed by atoms with Crippen molar-refractivity contribution in [1.29, 1.82) is 0 Å². The fraction of sp³-hybridized carbons (Fsp3) is 0.227. The number of carbonyl (C=O) groups excluding carboxylic acids is 1. The number of halogens is 2. The maximum absolute atomic E-state index is 14.3. The number of benzene rings is 2. The lowest BCUT2D eigenvalue weighted by molar-refractivity contribution is -0.138. The first-order valence-corrected chi connectivity index (χ1v) is 9.82. The second-order valence-electron chi connectivity index (χ2n) is 6.80. The molecule has 0 fully saturated rings. The number of carbonyl (C=O) groups is 2. The highest BCUT2D eigenvalue weighted by Gasteiger charge is 2.19. The van der Waals surface area contributed by atoms with Gasteiger partial charge < -0.3 is 19.0 Å². The number of aliphatic carboxylic acids is 1. The Bertz CT molecular complexity index is 1120. The Morgan fingerprint density at radius 3 is 2.59 bits per heavy atom. The summed E-state index contributed by atoms with van der Waals surface area (Å²) >= 11 is 5.90. The second-order valence-corrected chi connectivity index (χ2v) is 7.24. The molecule has 3 rings (SSSR count). The number of carboxylic acid groups (broad SMARTS) is 1. The fourth-order valence-electron chi connectivity index (χ4n) is 2.88. The molecule has 0 radical (unpaired) electrons. The molecule has 168 valence electrons. The van der Waals surface area contributed by atoms with E-state index in [0.29, 0.717) is 27.9 Å². The fourth-order valence-corrected chi connectivity index (χ4v) is 3.00. The molecule has 0 aliphatic rings. The predicted octanol–water partition coefficient (Wildman–Crippen LogP) is 4.67. The lowest BCUT2D eigenvalue weighted by atomic mass is 10.2. The van der Waals surface area contributed by atoms with E-state index in [4.69, 9.17) is 25.9 Å². The van der Waals surface area contributed by atoms with Gasteiger partial charge in [0.2, 0.25) is 5.89 Å². The number of amides is 1. The third-order valence-electron chi connectivity index (χ3n) is 4.48. The Morgan fingerprint density at radius 1 is 1.22 bits per heavy atom. The summed E-state index contributed by atoms with van der Waals surface area (Å²) in [5.74, 6) is -0.986. The molecule has 0 bridgehead atoms. The van der Waals surface area contributed by atoms with Crippen molar-refractivity contribution in [3.8, 4) is 17.2 Å². The molecule has 0 aliphatic carbocycles. The summed E-state index contributed by atoms with van der Waals surface area (Å²) in [5, 5.41) is 9.57. The van der Waals surface area contributed by atoms with Crippen LogP contribution in [0, 0.1) is 12.7 Å². The van der Waals surface area contributed by atoms with Gasteiger partial charge in [0.1, 0.15) is 24.6 Å². The maximum Gasteiger partial charge on any atom is 0.410 e. The standard InChI is InChI=1S/C22H20ClFN2O6/c1-13-18(25-21(32-13)15-4-6-16(23)7-5-15)12-31-19-9-14(3-8-17(19)24)10-26(11-20(27)28)22(29)30-2/h3-9H,10-12H2,1-2H3,(H,27,28). The molecular formula is C22H20ClFN2O6. The van der Waals surface area contributed by atoms with Gasteiger partial charge in [-0.05, 0) is 48.9 Å². The minimum atomic E-state index is -1.20. The van der Waals surface area contributed by atoms with E-state index in [0.717, 1.165) is 17.6 Å². The van der Waals surface area contributed by atoms with Crippen LogP contribution in [0.1, 0.15) is 17.0 Å². The highest BCUT2D eigenvalue weighted by atomic mass is 35.5. The third kappa shape index (κ3) is 5.76. The van der Waals surface area contributed by atoms with Crippen LogP contribution in [0.2, 0.25) is 5.02 Å². The highest BCUT2D eigenvalue weighted by Crippen LogP contribution is 2.25. The average molecular weight is 463 g/mol. The molecule has 1 N–H and O–H groups in total. The van der Waals surface area contributed by atoms with E-state index in [2.05, 4.69) is 9.72 Å². The van der Waals surface area contributed by atoms with Crippen LogP contribution in [0.25, 0.3) is 11.5 Å². The Balaban J connectivity index is 1.73. The van der Waals surface area contributed by atoms with E-state index in [1.807, 2.05) is 0 Å². The first-order chi connectivity index (χ1) is 15.3. The van der Waals surface area contributed by atoms with Crippen LogP contribution < -0.4 is 4.74 Å². The van der Waals surface area contributed by atoms with Gasteiger partial charge in [0.15, 0.2) is 11.6 Å². The molecule has 1 aromatic heterocycles. The van der Waals surface area contributed by atoms with Gasteiger partial charge in [-0.25, -0.2) is 14.2 Å². The Labute approximate surface area is 188 Å². The first-order valence-electron chi connectivity index (χ1n) is 9.45. The van der Waals surface area contributed by atoms with Crippen molar-refractivity contribution in [2.45, 2.75) is 20.1 Å². The SMILES string of the molecule is COC(=O)N(CC(=O)O)Cc1ccc(F)c(OCc2nc(-c3ccc(Cl)cc3)oc2C)c1. The smallest absolute Gasteiger partial charge is 0.410 e. The number of oxazole rings is 1. The molecular weight excluding hydrogens is 443 g/mol. The number of hydrogen-bond donors (Lipinski definition) is 1. The van der Waals surface area contributed by atoms with Crippen molar-refractivity contribution in [3.05, 3.63) is 70.3 Å². The quantitative estimate of drug-likeness (QED) is 0.518. The van der Waals surface area contributed by atoms with Crippen LogP contribution in [-0.4, -0.2) is 40.7 Å². The zero-order chi connectivity index (χ0) is 23.3. The van der Waals surface area contributed by atoms with Crippen LogP contribution in [0.3, 0.4) is 0 Å². The van der Waals surface area contributed by atoms with E-state index in [1.165, 1.54) is 18.2 Å².